The fraction of sp³-hybridized carbons (Fsp3) is 0.294. The molecule has 2 aromatic rings. The summed E-state index contributed by atoms with van der Waals surface area (Å²) in [6.45, 7) is 0.323. The van der Waals surface area contributed by atoms with Gasteiger partial charge in [-0.15, -0.1) is 11.3 Å². The van der Waals surface area contributed by atoms with Gasteiger partial charge in [0.05, 0.1) is 5.01 Å². The molecular formula is C17H17N3O4S. The Morgan fingerprint density at radius 2 is 2.08 bits per heavy atom. The molecule has 0 aliphatic carbocycles. The number of carboxylic acids is 1. The highest BCUT2D eigenvalue weighted by Crippen LogP contribution is 2.27. The van der Waals surface area contributed by atoms with Crippen LogP contribution in [0.4, 0.5) is 5.69 Å². The van der Waals surface area contributed by atoms with Crippen LogP contribution in [0.5, 0.6) is 0 Å². The molecule has 0 spiro atoms. The van der Waals surface area contributed by atoms with Gasteiger partial charge in [0.25, 0.3) is 0 Å². The van der Waals surface area contributed by atoms with E-state index in [0.717, 1.165) is 11.3 Å². The Labute approximate surface area is 148 Å². The topological polar surface area (TPSA) is 99.6 Å². The van der Waals surface area contributed by atoms with Crippen LogP contribution in [0.15, 0.2) is 29.6 Å². The van der Waals surface area contributed by atoms with E-state index in [2.05, 4.69) is 10.3 Å². The summed E-state index contributed by atoms with van der Waals surface area (Å²) in [6, 6.07) is 7.59. The molecule has 0 atom stereocenters. The monoisotopic (exact) mass is 359 g/mol. The standard InChI is InChI=1S/C17H17N3O4S/c21-14(18-8-7-15-19-12(10-25-15)17(23)24)9-20-13-4-2-1-3-11(13)5-6-16(20)22/h1-4,10H,5-9H2,(H,18,21)(H,23,24). The lowest BCUT2D eigenvalue weighted by Gasteiger charge is -2.28. The van der Waals surface area contributed by atoms with E-state index in [-0.39, 0.29) is 24.1 Å². The predicted molar refractivity (Wildman–Crippen MR) is 92.9 cm³/mol. The fourth-order valence-corrected chi connectivity index (χ4v) is 3.47. The largest absolute Gasteiger partial charge is 0.476 e. The molecule has 25 heavy (non-hydrogen) atoms. The summed E-state index contributed by atoms with van der Waals surface area (Å²) in [5.74, 6) is -1.37. The van der Waals surface area contributed by atoms with Gasteiger partial charge < -0.3 is 15.3 Å². The van der Waals surface area contributed by atoms with Crippen LogP contribution in [0, 0.1) is 0 Å². The van der Waals surface area contributed by atoms with Crippen LogP contribution in [0.1, 0.15) is 27.5 Å². The van der Waals surface area contributed by atoms with Gasteiger partial charge >= 0.3 is 5.97 Å². The highest BCUT2D eigenvalue weighted by molar-refractivity contribution is 7.09. The van der Waals surface area contributed by atoms with Crippen LogP contribution < -0.4 is 10.2 Å². The molecule has 8 heteroatoms. The summed E-state index contributed by atoms with van der Waals surface area (Å²) < 4.78 is 0. The van der Waals surface area contributed by atoms with Gasteiger partial charge in [-0.25, -0.2) is 9.78 Å². The van der Waals surface area contributed by atoms with Crippen LogP contribution in [0.3, 0.4) is 0 Å². The number of para-hydroxylation sites is 1. The number of carbonyl (C=O) groups excluding carboxylic acids is 2. The van der Waals surface area contributed by atoms with Crippen LogP contribution in [-0.4, -0.2) is 41.0 Å². The minimum Gasteiger partial charge on any atom is -0.476 e. The van der Waals surface area contributed by atoms with Gasteiger partial charge in [-0.2, -0.15) is 0 Å². The van der Waals surface area contributed by atoms with Crippen molar-refractivity contribution in [2.45, 2.75) is 19.3 Å². The van der Waals surface area contributed by atoms with Crippen molar-refractivity contribution in [1.82, 2.24) is 10.3 Å². The molecule has 0 saturated heterocycles. The summed E-state index contributed by atoms with van der Waals surface area (Å²) in [5.41, 5.74) is 1.88. The molecule has 1 aliphatic rings. The van der Waals surface area contributed by atoms with Crippen molar-refractivity contribution in [3.05, 3.63) is 45.9 Å². The molecular weight excluding hydrogens is 342 g/mol. The highest BCUT2D eigenvalue weighted by atomic mass is 32.1. The number of fused-ring (bicyclic) bond motifs is 1. The van der Waals surface area contributed by atoms with E-state index in [1.54, 1.807) is 0 Å². The van der Waals surface area contributed by atoms with Crippen molar-refractivity contribution in [1.29, 1.82) is 0 Å². The van der Waals surface area contributed by atoms with E-state index in [1.165, 1.54) is 21.6 Å². The first kappa shape index (κ1) is 17.1. The summed E-state index contributed by atoms with van der Waals surface area (Å²) in [4.78, 5) is 40.6. The van der Waals surface area contributed by atoms with Gasteiger partial charge in [0.2, 0.25) is 11.8 Å². The Balaban J connectivity index is 1.54. The van der Waals surface area contributed by atoms with Crippen molar-refractivity contribution in [2.24, 2.45) is 0 Å². The lowest BCUT2D eigenvalue weighted by atomic mass is 10.0. The number of nitrogens with zero attached hydrogens (tertiary/aromatic N) is 2. The third-order valence-corrected chi connectivity index (χ3v) is 4.83. The summed E-state index contributed by atoms with van der Waals surface area (Å²) in [6.07, 6.45) is 1.55. The fourth-order valence-electron chi connectivity index (χ4n) is 2.70. The molecule has 0 fully saturated rings. The SMILES string of the molecule is O=C(CN1C(=O)CCc2ccccc21)NCCc1nc(C(=O)O)cs1. The number of anilines is 1. The number of rotatable bonds is 6. The van der Waals surface area contributed by atoms with Crippen LogP contribution in [-0.2, 0) is 22.4 Å². The maximum Gasteiger partial charge on any atom is 0.355 e. The Morgan fingerprint density at radius 3 is 2.84 bits per heavy atom. The van der Waals surface area contributed by atoms with Gasteiger partial charge in [-0.1, -0.05) is 18.2 Å². The minimum absolute atomic E-state index is 0.0156. The number of nitrogens with one attached hydrogen (secondary N) is 1. The molecule has 1 aliphatic heterocycles. The third-order valence-electron chi connectivity index (χ3n) is 3.93. The number of aromatic nitrogens is 1. The summed E-state index contributed by atoms with van der Waals surface area (Å²) in [5, 5.41) is 13.7. The number of aromatic carboxylic acids is 1. The maximum absolute atomic E-state index is 12.2. The Kier molecular flexibility index (Phi) is 5.08. The van der Waals surface area contributed by atoms with E-state index < -0.39 is 5.97 Å². The maximum atomic E-state index is 12.2. The number of benzene rings is 1. The zero-order valence-electron chi connectivity index (χ0n) is 13.4. The second-order valence-corrected chi connectivity index (χ2v) is 6.58. The first-order valence-corrected chi connectivity index (χ1v) is 8.75. The quantitative estimate of drug-likeness (QED) is 0.814. The number of aryl methyl sites for hydroxylation is 1. The summed E-state index contributed by atoms with van der Waals surface area (Å²) in [7, 11) is 0. The Hall–Kier alpha value is -2.74. The van der Waals surface area contributed by atoms with Crippen molar-refractivity contribution < 1.29 is 19.5 Å². The Morgan fingerprint density at radius 1 is 1.28 bits per heavy atom. The number of hydrogen-bond donors (Lipinski definition) is 2. The molecule has 7 nitrogen and oxygen atoms in total. The van der Waals surface area contributed by atoms with E-state index in [1.807, 2.05) is 24.3 Å². The molecule has 130 valence electrons. The lowest BCUT2D eigenvalue weighted by molar-refractivity contribution is -0.124. The van der Waals surface area contributed by atoms with Gasteiger partial charge in [0, 0.05) is 30.5 Å². The lowest BCUT2D eigenvalue weighted by Crippen LogP contribution is -2.43. The number of hydrogen-bond acceptors (Lipinski definition) is 5. The third kappa shape index (κ3) is 4.03. The molecule has 1 aromatic heterocycles. The highest BCUT2D eigenvalue weighted by Gasteiger charge is 2.25. The molecule has 2 amide bonds. The van der Waals surface area contributed by atoms with Crippen LogP contribution >= 0.6 is 11.3 Å². The van der Waals surface area contributed by atoms with Crippen molar-refractivity contribution in [3.63, 3.8) is 0 Å². The zero-order chi connectivity index (χ0) is 17.8. The first-order chi connectivity index (χ1) is 12.0. The van der Waals surface area contributed by atoms with Gasteiger partial charge in [-0.05, 0) is 18.1 Å². The van der Waals surface area contributed by atoms with E-state index in [0.29, 0.717) is 30.8 Å². The number of carbonyl (C=O) groups is 3. The molecule has 3 rings (SSSR count). The second kappa shape index (κ2) is 7.43. The van der Waals surface area contributed by atoms with Crippen LogP contribution in [0.2, 0.25) is 0 Å². The summed E-state index contributed by atoms with van der Waals surface area (Å²) >= 11 is 1.25. The van der Waals surface area contributed by atoms with Gasteiger partial charge in [-0.3, -0.25) is 9.59 Å². The van der Waals surface area contributed by atoms with E-state index in [4.69, 9.17) is 5.11 Å². The normalized spacial score (nSPS) is 13.4. The number of amides is 2. The minimum atomic E-state index is -1.06. The molecule has 0 bridgehead atoms. The molecule has 2 N–H and O–H groups in total. The molecule has 0 radical (unpaired) electrons. The zero-order valence-corrected chi connectivity index (χ0v) is 14.2. The average Bonchev–Trinajstić information content (AvgIpc) is 3.07. The number of carboxylic acid groups (broad SMARTS) is 1. The first-order valence-electron chi connectivity index (χ1n) is 7.87. The van der Waals surface area contributed by atoms with Crippen LogP contribution in [0.25, 0.3) is 0 Å². The van der Waals surface area contributed by atoms with E-state index >= 15 is 0 Å². The van der Waals surface area contributed by atoms with E-state index in [9.17, 15) is 14.4 Å². The molecule has 2 heterocycles. The predicted octanol–water partition coefficient (Wildman–Crippen LogP) is 1.48. The number of thiazole rings is 1. The molecule has 0 unspecified atom stereocenters. The van der Waals surface area contributed by atoms with Gasteiger partial charge in [0.15, 0.2) is 5.69 Å². The smallest absolute Gasteiger partial charge is 0.355 e. The van der Waals surface area contributed by atoms with Gasteiger partial charge in [0.1, 0.15) is 6.54 Å². The molecule has 0 saturated carbocycles. The molecule has 1 aromatic carbocycles. The average molecular weight is 359 g/mol. The van der Waals surface area contributed by atoms with Crippen molar-refractivity contribution >= 4 is 34.8 Å². The van der Waals surface area contributed by atoms with Crippen molar-refractivity contribution in [3.8, 4) is 0 Å². The Bertz CT molecular complexity index is 818. The second-order valence-electron chi connectivity index (χ2n) is 5.64. The van der Waals surface area contributed by atoms with Crippen molar-refractivity contribution in [2.75, 3.05) is 18.0 Å².